The maximum Gasteiger partial charge on any atom is 0.270 e. The number of benzene rings is 2. The Hall–Kier alpha value is -3.63. The SMILES string of the molecule is COCCCNC(=O)c1cc(Oc2cc3nc(Nc4ccc(Br)c(C)c4)n(C)c3cc2OC)ccn1. The fraction of sp³-hybridized carbons (Fsp3) is 0.269. The number of pyridine rings is 1. The lowest BCUT2D eigenvalue weighted by Crippen LogP contribution is -2.26. The number of rotatable bonds is 10. The molecule has 0 fully saturated rings. The largest absolute Gasteiger partial charge is 0.493 e. The summed E-state index contributed by atoms with van der Waals surface area (Å²) in [7, 11) is 5.14. The lowest BCUT2D eigenvalue weighted by Gasteiger charge is -2.12. The molecule has 2 aromatic carbocycles. The number of carbonyl (C=O) groups is 1. The van der Waals surface area contributed by atoms with Crippen LogP contribution >= 0.6 is 15.9 Å². The van der Waals surface area contributed by atoms with Gasteiger partial charge >= 0.3 is 0 Å². The number of hydrogen-bond acceptors (Lipinski definition) is 7. The number of anilines is 2. The summed E-state index contributed by atoms with van der Waals surface area (Å²) in [5, 5.41) is 6.19. The molecule has 0 radical (unpaired) electrons. The molecular weight excluding hydrogens is 526 g/mol. The van der Waals surface area contributed by atoms with Gasteiger partial charge < -0.3 is 29.4 Å². The number of fused-ring (bicyclic) bond motifs is 1. The molecule has 0 aliphatic carbocycles. The van der Waals surface area contributed by atoms with E-state index in [1.54, 1.807) is 26.4 Å². The van der Waals surface area contributed by atoms with Crippen LogP contribution in [0.1, 0.15) is 22.5 Å². The number of nitrogens with zero attached hydrogens (tertiary/aromatic N) is 3. The highest BCUT2D eigenvalue weighted by Gasteiger charge is 2.16. The molecule has 1 amide bonds. The van der Waals surface area contributed by atoms with Crippen molar-refractivity contribution in [3.05, 3.63) is 64.4 Å². The van der Waals surface area contributed by atoms with Gasteiger partial charge in [-0.3, -0.25) is 9.78 Å². The second kappa shape index (κ2) is 11.4. The Bertz CT molecular complexity index is 1390. The van der Waals surface area contributed by atoms with Crippen molar-refractivity contribution in [1.82, 2.24) is 19.9 Å². The predicted molar refractivity (Wildman–Crippen MR) is 143 cm³/mol. The molecule has 0 aliphatic heterocycles. The topological polar surface area (TPSA) is 99.5 Å². The predicted octanol–water partition coefficient (Wildman–Crippen LogP) is 5.35. The first-order valence-electron chi connectivity index (χ1n) is 11.4. The van der Waals surface area contributed by atoms with Crippen molar-refractivity contribution in [3.63, 3.8) is 0 Å². The van der Waals surface area contributed by atoms with Crippen molar-refractivity contribution in [3.8, 4) is 17.2 Å². The fourth-order valence-electron chi connectivity index (χ4n) is 3.64. The molecule has 36 heavy (non-hydrogen) atoms. The van der Waals surface area contributed by atoms with Crippen molar-refractivity contribution in [1.29, 1.82) is 0 Å². The first kappa shape index (κ1) is 25.5. The number of imidazole rings is 1. The Morgan fingerprint density at radius 3 is 2.69 bits per heavy atom. The molecule has 2 heterocycles. The average Bonchev–Trinajstić information content (AvgIpc) is 3.17. The number of aryl methyl sites for hydroxylation is 2. The molecule has 9 nitrogen and oxygen atoms in total. The zero-order valence-corrected chi connectivity index (χ0v) is 22.2. The van der Waals surface area contributed by atoms with Gasteiger partial charge in [0.15, 0.2) is 11.5 Å². The number of halogens is 1. The molecule has 0 saturated heterocycles. The van der Waals surface area contributed by atoms with Crippen LogP contribution in [0.4, 0.5) is 11.6 Å². The van der Waals surface area contributed by atoms with Gasteiger partial charge in [-0.2, -0.15) is 0 Å². The average molecular weight is 554 g/mol. The molecule has 4 rings (SSSR count). The third-order valence-corrected chi connectivity index (χ3v) is 6.47. The number of carbonyl (C=O) groups excluding carboxylic acids is 1. The standard InChI is InChI=1S/C26H28BrN5O4/c1-16-12-17(6-7-19(16)27)30-26-31-20-14-24(23(35-4)15-22(20)32(26)2)36-18-8-10-28-21(13-18)25(33)29-9-5-11-34-3/h6-8,10,12-15H,5,9,11H2,1-4H3,(H,29,33)(H,30,31). The smallest absolute Gasteiger partial charge is 0.270 e. The Balaban J connectivity index is 1.57. The van der Waals surface area contributed by atoms with E-state index in [1.807, 2.05) is 48.9 Å². The Morgan fingerprint density at radius 1 is 1.11 bits per heavy atom. The van der Waals surface area contributed by atoms with Gasteiger partial charge in [-0.05, 0) is 43.2 Å². The lowest BCUT2D eigenvalue weighted by atomic mass is 10.2. The van der Waals surface area contributed by atoms with Gasteiger partial charge in [-0.1, -0.05) is 15.9 Å². The van der Waals surface area contributed by atoms with Gasteiger partial charge in [0.2, 0.25) is 5.95 Å². The molecule has 0 spiro atoms. The van der Waals surface area contributed by atoms with Gasteiger partial charge in [-0.15, -0.1) is 0 Å². The van der Waals surface area contributed by atoms with Crippen LogP contribution in [-0.4, -0.2) is 47.8 Å². The van der Waals surface area contributed by atoms with E-state index in [0.717, 1.165) is 33.2 Å². The molecule has 188 valence electrons. The van der Waals surface area contributed by atoms with Gasteiger partial charge in [0.05, 0.1) is 18.1 Å². The third kappa shape index (κ3) is 5.77. The summed E-state index contributed by atoms with van der Waals surface area (Å²) in [6.07, 6.45) is 2.26. The van der Waals surface area contributed by atoms with Crippen LogP contribution in [0.25, 0.3) is 11.0 Å². The second-order valence-electron chi connectivity index (χ2n) is 8.16. The molecule has 0 aliphatic rings. The number of ether oxygens (including phenoxy) is 3. The number of hydrogen-bond donors (Lipinski definition) is 2. The van der Waals surface area contributed by atoms with Crippen LogP contribution in [-0.2, 0) is 11.8 Å². The van der Waals surface area contributed by atoms with E-state index in [-0.39, 0.29) is 11.6 Å². The monoisotopic (exact) mass is 553 g/mol. The summed E-state index contributed by atoms with van der Waals surface area (Å²) in [6.45, 7) is 3.11. The highest BCUT2D eigenvalue weighted by molar-refractivity contribution is 9.10. The van der Waals surface area contributed by atoms with E-state index >= 15 is 0 Å². The van der Waals surface area contributed by atoms with Crippen molar-refractivity contribution in [2.24, 2.45) is 7.05 Å². The molecule has 0 atom stereocenters. The molecule has 0 unspecified atom stereocenters. The van der Waals surface area contributed by atoms with Crippen molar-refractivity contribution in [2.45, 2.75) is 13.3 Å². The van der Waals surface area contributed by atoms with Crippen LogP contribution in [0.15, 0.2) is 53.1 Å². The highest BCUT2D eigenvalue weighted by atomic mass is 79.9. The highest BCUT2D eigenvalue weighted by Crippen LogP contribution is 2.36. The van der Waals surface area contributed by atoms with Crippen LogP contribution in [0.5, 0.6) is 17.2 Å². The summed E-state index contributed by atoms with van der Waals surface area (Å²) < 4.78 is 19.7. The lowest BCUT2D eigenvalue weighted by molar-refractivity contribution is 0.0943. The van der Waals surface area contributed by atoms with Gasteiger partial charge in [0.25, 0.3) is 5.91 Å². The zero-order valence-electron chi connectivity index (χ0n) is 20.6. The summed E-state index contributed by atoms with van der Waals surface area (Å²) >= 11 is 3.53. The maximum atomic E-state index is 12.4. The minimum Gasteiger partial charge on any atom is -0.493 e. The number of methoxy groups -OCH3 is 2. The van der Waals surface area contributed by atoms with E-state index < -0.39 is 0 Å². The zero-order chi connectivity index (χ0) is 25.7. The van der Waals surface area contributed by atoms with Crippen LogP contribution < -0.4 is 20.1 Å². The minimum absolute atomic E-state index is 0.263. The normalized spacial score (nSPS) is 10.9. The van der Waals surface area contributed by atoms with Crippen LogP contribution in [0, 0.1) is 6.92 Å². The molecule has 2 aromatic heterocycles. The van der Waals surface area contributed by atoms with Crippen molar-refractivity contribution in [2.75, 3.05) is 32.7 Å². The third-order valence-electron chi connectivity index (χ3n) is 5.58. The summed E-state index contributed by atoms with van der Waals surface area (Å²) in [5.74, 6) is 1.89. The minimum atomic E-state index is -0.275. The molecule has 10 heteroatoms. The molecular formula is C26H28BrN5O4. The quantitative estimate of drug-likeness (QED) is 0.255. The maximum absolute atomic E-state index is 12.4. The molecule has 2 N–H and O–H groups in total. The van der Waals surface area contributed by atoms with E-state index in [0.29, 0.717) is 36.3 Å². The molecule has 0 bridgehead atoms. The van der Waals surface area contributed by atoms with Gasteiger partial charge in [0, 0.05) is 61.9 Å². The number of nitrogens with one attached hydrogen (secondary N) is 2. The molecule has 4 aromatic rings. The van der Waals surface area contributed by atoms with Crippen LogP contribution in [0.2, 0.25) is 0 Å². The first-order chi connectivity index (χ1) is 17.4. The van der Waals surface area contributed by atoms with Crippen molar-refractivity contribution < 1.29 is 19.0 Å². The van der Waals surface area contributed by atoms with E-state index in [4.69, 9.17) is 19.2 Å². The molecule has 0 saturated carbocycles. The number of amides is 1. The summed E-state index contributed by atoms with van der Waals surface area (Å²) in [6, 6.07) is 13.0. The van der Waals surface area contributed by atoms with Gasteiger partial charge in [0.1, 0.15) is 11.4 Å². The van der Waals surface area contributed by atoms with Crippen LogP contribution in [0.3, 0.4) is 0 Å². The first-order valence-corrected chi connectivity index (χ1v) is 12.2. The van der Waals surface area contributed by atoms with Crippen molar-refractivity contribution >= 4 is 44.5 Å². The second-order valence-corrected chi connectivity index (χ2v) is 9.01. The summed E-state index contributed by atoms with van der Waals surface area (Å²) in [4.78, 5) is 21.3. The fourth-order valence-corrected chi connectivity index (χ4v) is 3.88. The van der Waals surface area contributed by atoms with E-state index in [1.165, 1.54) is 6.20 Å². The Labute approximate surface area is 217 Å². The number of aromatic nitrogens is 3. The van der Waals surface area contributed by atoms with E-state index in [9.17, 15) is 4.79 Å². The van der Waals surface area contributed by atoms with Gasteiger partial charge in [-0.25, -0.2) is 4.98 Å². The Morgan fingerprint density at radius 2 is 1.94 bits per heavy atom. The summed E-state index contributed by atoms with van der Waals surface area (Å²) in [5.41, 5.74) is 3.93. The van der Waals surface area contributed by atoms with E-state index in [2.05, 4.69) is 31.5 Å². The Kier molecular flexibility index (Phi) is 8.07.